The molecular weight excluding hydrogens is 449 g/mol. The van der Waals surface area contributed by atoms with Gasteiger partial charge in [0.05, 0.1) is 29.4 Å². The van der Waals surface area contributed by atoms with Crippen molar-refractivity contribution >= 4 is 34.5 Å². The van der Waals surface area contributed by atoms with Gasteiger partial charge in [0.25, 0.3) is 5.91 Å². The number of amides is 2. The van der Waals surface area contributed by atoms with Crippen molar-refractivity contribution in [2.45, 2.75) is 25.6 Å². The summed E-state index contributed by atoms with van der Waals surface area (Å²) in [5.74, 6) is 0.126. The van der Waals surface area contributed by atoms with E-state index in [0.29, 0.717) is 35.5 Å². The minimum absolute atomic E-state index is 0.00160. The Morgan fingerprint density at radius 2 is 1.97 bits per heavy atom. The van der Waals surface area contributed by atoms with Gasteiger partial charge in [0, 0.05) is 24.2 Å². The van der Waals surface area contributed by atoms with Crippen LogP contribution in [-0.2, 0) is 17.5 Å². The minimum Gasteiger partial charge on any atom is -0.467 e. The molecule has 0 unspecified atom stereocenters. The highest BCUT2D eigenvalue weighted by molar-refractivity contribution is 6.05. The lowest BCUT2D eigenvalue weighted by molar-refractivity contribution is -0.137. The molecule has 3 heterocycles. The van der Waals surface area contributed by atoms with Gasteiger partial charge in [0.15, 0.2) is 0 Å². The number of benzene rings is 2. The van der Waals surface area contributed by atoms with E-state index in [1.807, 2.05) is 0 Å². The van der Waals surface area contributed by atoms with Gasteiger partial charge >= 0.3 is 6.18 Å². The number of rotatable bonds is 5. The van der Waals surface area contributed by atoms with Crippen LogP contribution in [0.15, 0.2) is 65.3 Å². The van der Waals surface area contributed by atoms with E-state index < -0.39 is 17.6 Å². The quantitative estimate of drug-likeness (QED) is 0.443. The smallest absolute Gasteiger partial charge is 0.416 e. The molecule has 0 aliphatic carbocycles. The van der Waals surface area contributed by atoms with Crippen LogP contribution in [0.5, 0.6) is 0 Å². The van der Waals surface area contributed by atoms with E-state index >= 15 is 0 Å². The van der Waals surface area contributed by atoms with Crippen LogP contribution < -0.4 is 10.2 Å². The zero-order valence-corrected chi connectivity index (χ0v) is 17.8. The molecule has 34 heavy (non-hydrogen) atoms. The summed E-state index contributed by atoms with van der Waals surface area (Å²) in [5, 5.41) is 2.70. The molecular formula is C24H19F3N4O3. The third-order valence-corrected chi connectivity index (χ3v) is 5.69. The van der Waals surface area contributed by atoms with Crippen LogP contribution >= 0.6 is 0 Å². The first-order chi connectivity index (χ1) is 16.3. The van der Waals surface area contributed by atoms with E-state index in [0.717, 1.165) is 18.6 Å². The summed E-state index contributed by atoms with van der Waals surface area (Å²) in [5.41, 5.74) is 0.589. The van der Waals surface area contributed by atoms with E-state index in [2.05, 4.69) is 10.3 Å². The first-order valence-electron chi connectivity index (χ1n) is 10.6. The van der Waals surface area contributed by atoms with Gasteiger partial charge in [-0.15, -0.1) is 0 Å². The van der Waals surface area contributed by atoms with Crippen molar-refractivity contribution in [1.82, 2.24) is 9.55 Å². The first-order valence-corrected chi connectivity index (χ1v) is 10.6. The molecule has 2 aromatic heterocycles. The second kappa shape index (κ2) is 8.36. The molecule has 10 heteroatoms. The molecule has 0 saturated carbocycles. The van der Waals surface area contributed by atoms with Gasteiger partial charge in [-0.1, -0.05) is 6.07 Å². The monoisotopic (exact) mass is 468 g/mol. The molecule has 1 N–H and O–H groups in total. The van der Waals surface area contributed by atoms with Crippen LogP contribution in [0, 0.1) is 0 Å². The molecule has 7 nitrogen and oxygen atoms in total. The summed E-state index contributed by atoms with van der Waals surface area (Å²) in [6.07, 6.45) is -1.81. The van der Waals surface area contributed by atoms with Gasteiger partial charge in [0.2, 0.25) is 11.9 Å². The molecule has 4 aromatic rings. The van der Waals surface area contributed by atoms with E-state index in [9.17, 15) is 22.8 Å². The third kappa shape index (κ3) is 4.14. The van der Waals surface area contributed by atoms with Crippen molar-refractivity contribution in [3.8, 4) is 0 Å². The largest absolute Gasteiger partial charge is 0.467 e. The van der Waals surface area contributed by atoms with Crippen molar-refractivity contribution in [1.29, 1.82) is 0 Å². The Morgan fingerprint density at radius 1 is 1.12 bits per heavy atom. The lowest BCUT2D eigenvalue weighted by Gasteiger charge is -2.16. The standard InChI is InChI=1S/C24H19F3N4O3/c25-24(26,27)16-8-9-20-19(13-16)28-23(31(20)14-18-6-3-11-34-18)29-22(33)15-4-1-5-17(12-15)30-10-2-7-21(30)32/h1,3-6,8-9,11-13H,2,7,10,14H2,(H,28,29,33). The van der Waals surface area contributed by atoms with Gasteiger partial charge in [-0.05, 0) is 55.0 Å². The summed E-state index contributed by atoms with van der Waals surface area (Å²) in [6.45, 7) is 0.747. The van der Waals surface area contributed by atoms with Crippen molar-refractivity contribution in [3.05, 3.63) is 77.7 Å². The lowest BCUT2D eigenvalue weighted by atomic mass is 10.2. The van der Waals surface area contributed by atoms with Crippen LogP contribution in [0.25, 0.3) is 11.0 Å². The number of imidazole rings is 1. The zero-order chi connectivity index (χ0) is 23.9. The number of anilines is 2. The number of alkyl halides is 3. The summed E-state index contributed by atoms with van der Waals surface area (Å²) >= 11 is 0. The number of nitrogens with one attached hydrogen (secondary N) is 1. The van der Waals surface area contributed by atoms with Gasteiger partial charge in [-0.25, -0.2) is 4.98 Å². The predicted octanol–water partition coefficient (Wildman–Crippen LogP) is 5.08. The molecule has 1 saturated heterocycles. The van der Waals surface area contributed by atoms with E-state index in [1.165, 1.54) is 12.3 Å². The van der Waals surface area contributed by atoms with Crippen molar-refractivity contribution in [2.24, 2.45) is 0 Å². The Bertz CT molecular complexity index is 1380. The number of hydrogen-bond acceptors (Lipinski definition) is 4. The lowest BCUT2D eigenvalue weighted by Crippen LogP contribution is -2.24. The molecule has 0 bridgehead atoms. The van der Waals surface area contributed by atoms with Crippen LogP contribution in [-0.4, -0.2) is 27.9 Å². The second-order valence-corrected chi connectivity index (χ2v) is 7.96. The number of aromatic nitrogens is 2. The Hall–Kier alpha value is -4.08. The Labute approximate surface area is 191 Å². The third-order valence-electron chi connectivity index (χ3n) is 5.69. The van der Waals surface area contributed by atoms with Gasteiger partial charge in [-0.3, -0.25) is 14.9 Å². The number of furan rings is 1. The van der Waals surface area contributed by atoms with Gasteiger partial charge in [0.1, 0.15) is 5.76 Å². The van der Waals surface area contributed by atoms with E-state index in [4.69, 9.17) is 4.42 Å². The molecule has 0 radical (unpaired) electrons. The average Bonchev–Trinajstić information content (AvgIpc) is 3.54. The highest BCUT2D eigenvalue weighted by atomic mass is 19.4. The fourth-order valence-electron chi connectivity index (χ4n) is 4.03. The topological polar surface area (TPSA) is 80.4 Å². The van der Waals surface area contributed by atoms with Crippen LogP contribution in [0.2, 0.25) is 0 Å². The minimum atomic E-state index is -4.52. The molecule has 1 aliphatic rings. The fraction of sp³-hybridized carbons (Fsp3) is 0.208. The number of halogens is 3. The maximum Gasteiger partial charge on any atom is 0.416 e. The van der Waals surface area contributed by atoms with E-state index in [1.54, 1.807) is 45.9 Å². The summed E-state index contributed by atoms with van der Waals surface area (Å²) < 4.78 is 46.6. The molecule has 2 aromatic carbocycles. The fourth-order valence-corrected chi connectivity index (χ4v) is 4.03. The molecule has 0 atom stereocenters. The van der Waals surface area contributed by atoms with Gasteiger partial charge in [-0.2, -0.15) is 13.2 Å². The summed E-state index contributed by atoms with van der Waals surface area (Å²) in [7, 11) is 0. The SMILES string of the molecule is O=C(Nc1nc2cc(C(F)(F)F)ccc2n1Cc1ccco1)c1cccc(N2CCCC2=O)c1. The van der Waals surface area contributed by atoms with Crippen LogP contribution in [0.3, 0.4) is 0 Å². The van der Waals surface area contributed by atoms with Crippen LogP contribution in [0.4, 0.5) is 24.8 Å². The van der Waals surface area contributed by atoms with Crippen molar-refractivity contribution in [2.75, 3.05) is 16.8 Å². The van der Waals surface area contributed by atoms with Crippen LogP contribution in [0.1, 0.15) is 34.5 Å². The molecule has 2 amide bonds. The second-order valence-electron chi connectivity index (χ2n) is 7.96. The Kier molecular flexibility index (Phi) is 5.35. The normalized spacial score (nSPS) is 14.2. The van der Waals surface area contributed by atoms with Crippen molar-refractivity contribution < 1.29 is 27.2 Å². The number of hydrogen-bond donors (Lipinski definition) is 1. The predicted molar refractivity (Wildman–Crippen MR) is 119 cm³/mol. The Morgan fingerprint density at radius 3 is 2.68 bits per heavy atom. The average molecular weight is 468 g/mol. The molecule has 5 rings (SSSR count). The summed E-state index contributed by atoms with van der Waals surface area (Å²) in [6, 6.07) is 13.3. The zero-order valence-electron chi connectivity index (χ0n) is 17.8. The maximum atomic E-state index is 13.2. The molecule has 1 fully saturated rings. The number of nitrogens with zero attached hydrogens (tertiary/aromatic N) is 3. The van der Waals surface area contributed by atoms with Gasteiger partial charge < -0.3 is 13.9 Å². The molecule has 174 valence electrons. The Balaban J connectivity index is 1.50. The summed E-state index contributed by atoms with van der Waals surface area (Å²) in [4.78, 5) is 31.0. The number of carbonyl (C=O) groups is 2. The number of carbonyl (C=O) groups excluding carboxylic acids is 2. The maximum absolute atomic E-state index is 13.2. The molecule has 1 aliphatic heterocycles. The molecule has 0 spiro atoms. The van der Waals surface area contributed by atoms with Crippen molar-refractivity contribution in [3.63, 3.8) is 0 Å². The highest BCUT2D eigenvalue weighted by Gasteiger charge is 2.31. The number of fused-ring (bicyclic) bond motifs is 1. The highest BCUT2D eigenvalue weighted by Crippen LogP contribution is 2.32. The van der Waals surface area contributed by atoms with E-state index in [-0.39, 0.29) is 23.9 Å². The first kappa shape index (κ1) is 21.7.